The summed E-state index contributed by atoms with van der Waals surface area (Å²) in [5.41, 5.74) is 7.53. The van der Waals surface area contributed by atoms with Gasteiger partial charge in [0.15, 0.2) is 0 Å². The Hall–Kier alpha value is -1.78. The lowest BCUT2D eigenvalue weighted by atomic mass is 10.2. The zero-order chi connectivity index (χ0) is 16.2. The summed E-state index contributed by atoms with van der Waals surface area (Å²) in [4.78, 5) is 0. The maximum atomic E-state index is 5.87. The van der Waals surface area contributed by atoms with Gasteiger partial charge in [-0.1, -0.05) is 11.6 Å². The number of anilines is 1. The predicted octanol–water partition coefficient (Wildman–Crippen LogP) is 4.38. The van der Waals surface area contributed by atoms with Crippen molar-refractivity contribution >= 4 is 23.5 Å². The van der Waals surface area contributed by atoms with Gasteiger partial charge < -0.3 is 9.30 Å². The minimum Gasteiger partial charge on any atom is -0.376 e. The molecule has 122 valence electrons. The molecule has 0 aliphatic carbocycles. The average Bonchev–Trinajstić information content (AvgIpc) is 3.14. The Bertz CT molecular complexity index is 685. The number of benzene rings is 1. The molecule has 2 aromatic rings. The molecule has 2 heterocycles. The third-order valence-corrected chi connectivity index (χ3v) is 4.52. The van der Waals surface area contributed by atoms with Gasteiger partial charge in [-0.05, 0) is 57.0 Å². The lowest BCUT2D eigenvalue weighted by Gasteiger charge is -2.14. The van der Waals surface area contributed by atoms with E-state index in [0.29, 0.717) is 6.10 Å². The van der Waals surface area contributed by atoms with Crippen LogP contribution in [0.15, 0.2) is 35.4 Å². The number of hydrazone groups is 1. The fourth-order valence-corrected chi connectivity index (χ4v) is 3.06. The van der Waals surface area contributed by atoms with Gasteiger partial charge in [0, 0.05) is 35.1 Å². The Labute approximate surface area is 142 Å². The Morgan fingerprint density at radius 2 is 2.13 bits per heavy atom. The standard InChI is InChI=1S/C18H22ClN3O/c1-13-10-15(11-20-21-17-7-5-16(19)6-8-17)14(2)22(13)12-18-4-3-9-23-18/h5-8,10-11,18,21H,3-4,9,12H2,1-2H3/b20-11-/t18-/m1/s1. The highest BCUT2D eigenvalue weighted by Crippen LogP contribution is 2.19. The number of halogens is 1. The number of hydrogen-bond donors (Lipinski definition) is 1. The van der Waals surface area contributed by atoms with Gasteiger partial charge >= 0.3 is 0 Å². The SMILES string of the molecule is Cc1cc(/C=N\Nc2ccc(Cl)cc2)c(C)n1C[C@H]1CCCO1. The van der Waals surface area contributed by atoms with E-state index in [9.17, 15) is 0 Å². The number of ether oxygens (including phenoxy) is 1. The van der Waals surface area contributed by atoms with Crippen molar-refractivity contribution < 1.29 is 4.74 Å². The molecule has 1 aliphatic heterocycles. The van der Waals surface area contributed by atoms with Crippen molar-refractivity contribution in [2.24, 2.45) is 5.10 Å². The number of hydrogen-bond acceptors (Lipinski definition) is 3. The van der Waals surface area contributed by atoms with E-state index in [1.165, 1.54) is 17.8 Å². The lowest BCUT2D eigenvalue weighted by molar-refractivity contribution is 0.0962. The molecule has 1 fully saturated rings. The second kappa shape index (κ2) is 7.20. The van der Waals surface area contributed by atoms with Crippen molar-refractivity contribution in [1.29, 1.82) is 0 Å². The highest BCUT2D eigenvalue weighted by molar-refractivity contribution is 6.30. The van der Waals surface area contributed by atoms with Gasteiger partial charge in [-0.3, -0.25) is 5.43 Å². The fraction of sp³-hybridized carbons (Fsp3) is 0.389. The van der Waals surface area contributed by atoms with Crippen LogP contribution >= 0.6 is 11.6 Å². The maximum Gasteiger partial charge on any atom is 0.0754 e. The quantitative estimate of drug-likeness (QED) is 0.652. The van der Waals surface area contributed by atoms with Gasteiger partial charge in [0.25, 0.3) is 0 Å². The van der Waals surface area contributed by atoms with E-state index in [0.717, 1.165) is 35.8 Å². The van der Waals surface area contributed by atoms with Crippen molar-refractivity contribution in [3.8, 4) is 0 Å². The maximum absolute atomic E-state index is 5.87. The molecule has 1 atom stereocenters. The molecular formula is C18H22ClN3O. The molecule has 0 saturated carbocycles. The Morgan fingerprint density at radius 3 is 2.83 bits per heavy atom. The van der Waals surface area contributed by atoms with E-state index in [1.54, 1.807) is 0 Å². The molecule has 1 N–H and O–H groups in total. The fourth-order valence-electron chi connectivity index (χ4n) is 2.93. The first-order valence-corrected chi connectivity index (χ1v) is 8.34. The molecule has 0 unspecified atom stereocenters. The van der Waals surface area contributed by atoms with Crippen molar-refractivity contribution in [3.05, 3.63) is 52.3 Å². The minimum absolute atomic E-state index is 0.344. The zero-order valence-corrected chi connectivity index (χ0v) is 14.3. The molecule has 0 bridgehead atoms. The number of nitrogens with one attached hydrogen (secondary N) is 1. The van der Waals surface area contributed by atoms with E-state index in [2.05, 4.69) is 35.0 Å². The minimum atomic E-state index is 0.344. The summed E-state index contributed by atoms with van der Waals surface area (Å²) in [6.45, 7) is 6.08. The smallest absolute Gasteiger partial charge is 0.0754 e. The molecule has 4 nitrogen and oxygen atoms in total. The van der Waals surface area contributed by atoms with Crippen LogP contribution in [0.25, 0.3) is 0 Å². The molecule has 1 aromatic carbocycles. The first-order chi connectivity index (χ1) is 11.1. The first-order valence-electron chi connectivity index (χ1n) is 7.96. The van der Waals surface area contributed by atoms with E-state index in [-0.39, 0.29) is 0 Å². The monoisotopic (exact) mass is 331 g/mol. The summed E-state index contributed by atoms with van der Waals surface area (Å²) < 4.78 is 8.07. The van der Waals surface area contributed by atoms with E-state index in [1.807, 2.05) is 30.5 Å². The Kier molecular flexibility index (Phi) is 5.03. The van der Waals surface area contributed by atoms with Gasteiger partial charge in [0.2, 0.25) is 0 Å². The summed E-state index contributed by atoms with van der Waals surface area (Å²) in [6.07, 6.45) is 4.53. The van der Waals surface area contributed by atoms with Gasteiger partial charge in [-0.25, -0.2) is 0 Å². The third kappa shape index (κ3) is 3.95. The summed E-state index contributed by atoms with van der Waals surface area (Å²) in [6, 6.07) is 9.65. The van der Waals surface area contributed by atoms with Gasteiger partial charge in [0.05, 0.1) is 18.0 Å². The molecule has 0 spiro atoms. The molecule has 1 aromatic heterocycles. The van der Waals surface area contributed by atoms with Crippen LogP contribution in [0.5, 0.6) is 0 Å². The molecule has 5 heteroatoms. The predicted molar refractivity (Wildman–Crippen MR) is 95.5 cm³/mol. The van der Waals surface area contributed by atoms with Crippen molar-refractivity contribution in [2.75, 3.05) is 12.0 Å². The number of aryl methyl sites for hydroxylation is 1. The third-order valence-electron chi connectivity index (χ3n) is 4.26. The summed E-state index contributed by atoms with van der Waals surface area (Å²) in [5, 5.41) is 5.05. The second-order valence-electron chi connectivity index (χ2n) is 5.95. The van der Waals surface area contributed by atoms with Crippen LogP contribution in [0.3, 0.4) is 0 Å². The van der Waals surface area contributed by atoms with Crippen LogP contribution in [0.2, 0.25) is 5.02 Å². The lowest BCUT2D eigenvalue weighted by Crippen LogP contribution is -2.16. The van der Waals surface area contributed by atoms with E-state index >= 15 is 0 Å². The number of rotatable bonds is 5. The molecule has 3 rings (SSSR count). The zero-order valence-electron chi connectivity index (χ0n) is 13.6. The van der Waals surface area contributed by atoms with Gasteiger partial charge in [0.1, 0.15) is 0 Å². The summed E-state index contributed by atoms with van der Waals surface area (Å²) >= 11 is 5.87. The average molecular weight is 332 g/mol. The second-order valence-corrected chi connectivity index (χ2v) is 6.39. The first kappa shape index (κ1) is 16.1. The Balaban J connectivity index is 1.67. The van der Waals surface area contributed by atoms with Crippen molar-refractivity contribution in [1.82, 2.24) is 4.57 Å². The van der Waals surface area contributed by atoms with Crippen LogP contribution < -0.4 is 5.43 Å². The van der Waals surface area contributed by atoms with E-state index in [4.69, 9.17) is 16.3 Å². The molecule has 1 aliphatic rings. The topological polar surface area (TPSA) is 38.5 Å². The van der Waals surface area contributed by atoms with Crippen LogP contribution in [0.4, 0.5) is 5.69 Å². The highest BCUT2D eigenvalue weighted by atomic mass is 35.5. The van der Waals surface area contributed by atoms with Crippen LogP contribution in [-0.4, -0.2) is 23.5 Å². The largest absolute Gasteiger partial charge is 0.376 e. The number of nitrogens with zero attached hydrogens (tertiary/aromatic N) is 2. The molecule has 23 heavy (non-hydrogen) atoms. The summed E-state index contributed by atoms with van der Waals surface area (Å²) in [5.74, 6) is 0. The normalized spacial score (nSPS) is 18.0. The molecule has 0 radical (unpaired) electrons. The summed E-state index contributed by atoms with van der Waals surface area (Å²) in [7, 11) is 0. The Morgan fingerprint density at radius 1 is 1.35 bits per heavy atom. The van der Waals surface area contributed by atoms with Crippen molar-refractivity contribution in [2.45, 2.75) is 39.3 Å². The van der Waals surface area contributed by atoms with Gasteiger partial charge in [-0.2, -0.15) is 5.10 Å². The van der Waals surface area contributed by atoms with Crippen LogP contribution in [-0.2, 0) is 11.3 Å². The number of aromatic nitrogens is 1. The molecule has 0 amide bonds. The van der Waals surface area contributed by atoms with Crippen LogP contribution in [0, 0.1) is 13.8 Å². The highest BCUT2D eigenvalue weighted by Gasteiger charge is 2.18. The van der Waals surface area contributed by atoms with Gasteiger partial charge in [-0.15, -0.1) is 0 Å². The van der Waals surface area contributed by atoms with E-state index < -0.39 is 0 Å². The van der Waals surface area contributed by atoms with Crippen LogP contribution in [0.1, 0.15) is 29.8 Å². The van der Waals surface area contributed by atoms with Crippen molar-refractivity contribution in [3.63, 3.8) is 0 Å². The molecule has 1 saturated heterocycles. The molecular weight excluding hydrogens is 310 g/mol.